The second-order valence-corrected chi connectivity index (χ2v) is 7.14. The van der Waals surface area contributed by atoms with Gasteiger partial charge in [-0.1, -0.05) is 41.6 Å². The fourth-order valence-electron chi connectivity index (χ4n) is 2.85. The van der Waals surface area contributed by atoms with Crippen LogP contribution in [0, 0.1) is 0 Å². The van der Waals surface area contributed by atoms with Crippen molar-refractivity contribution in [2.45, 2.75) is 24.0 Å². The molecule has 0 aliphatic carbocycles. The zero-order valence-electron chi connectivity index (χ0n) is 14.3. The van der Waals surface area contributed by atoms with E-state index < -0.39 is 0 Å². The highest BCUT2D eigenvalue weighted by Gasteiger charge is 2.25. The summed E-state index contributed by atoms with van der Waals surface area (Å²) >= 11 is 7.40. The van der Waals surface area contributed by atoms with Crippen LogP contribution in [0.3, 0.4) is 0 Å². The third-order valence-corrected chi connectivity index (χ3v) is 5.10. The van der Waals surface area contributed by atoms with Gasteiger partial charge in [-0.15, -0.1) is 0 Å². The molecule has 0 saturated carbocycles. The first-order valence-electron chi connectivity index (χ1n) is 8.30. The minimum absolute atomic E-state index is 0.00825. The Hall–Kier alpha value is -2.12. The first kappa shape index (κ1) is 18.7. The first-order chi connectivity index (χ1) is 12.6. The third kappa shape index (κ3) is 4.34. The van der Waals surface area contributed by atoms with E-state index in [-0.39, 0.29) is 28.6 Å². The number of carbonyl (C=O) groups is 2. The molecule has 1 aromatic carbocycles. The first-order valence-corrected chi connectivity index (χ1v) is 9.90. The molecule has 6 nitrogen and oxygen atoms in total. The molecule has 3 rings (SSSR count). The zero-order chi connectivity index (χ0) is 18.5. The predicted octanol–water partition coefficient (Wildman–Crippen LogP) is 2.89. The summed E-state index contributed by atoms with van der Waals surface area (Å²) < 4.78 is 0. The minimum atomic E-state index is -0.305. The summed E-state index contributed by atoms with van der Waals surface area (Å²) in [5.41, 5.74) is 0.876. The molecule has 8 heteroatoms. The standard InChI is InChI=1S/C18H19ClN4O2S/c1-26-18-20-11-14(19)15(22-18)16(24)21-13-7-9-23(10-8-13)17(25)12-5-3-2-4-6-12/h2-6,11,13H,7-10H2,1H3,(H,21,24). The monoisotopic (exact) mass is 390 g/mol. The van der Waals surface area contributed by atoms with Crippen LogP contribution in [-0.4, -0.2) is 52.1 Å². The molecule has 0 unspecified atom stereocenters. The lowest BCUT2D eigenvalue weighted by Gasteiger charge is -2.32. The number of nitrogens with one attached hydrogen (secondary N) is 1. The predicted molar refractivity (Wildman–Crippen MR) is 102 cm³/mol. The van der Waals surface area contributed by atoms with Crippen LogP contribution in [-0.2, 0) is 0 Å². The maximum absolute atomic E-state index is 12.5. The molecule has 0 radical (unpaired) electrons. The lowest BCUT2D eigenvalue weighted by molar-refractivity contribution is 0.0697. The molecule has 2 amide bonds. The van der Waals surface area contributed by atoms with Crippen LogP contribution in [0.25, 0.3) is 0 Å². The van der Waals surface area contributed by atoms with Crippen LogP contribution in [0.2, 0.25) is 5.02 Å². The van der Waals surface area contributed by atoms with Crippen molar-refractivity contribution >= 4 is 35.2 Å². The largest absolute Gasteiger partial charge is 0.348 e. The number of likely N-dealkylation sites (tertiary alicyclic amines) is 1. The van der Waals surface area contributed by atoms with Crippen molar-refractivity contribution in [1.82, 2.24) is 20.2 Å². The van der Waals surface area contributed by atoms with Crippen molar-refractivity contribution in [2.75, 3.05) is 19.3 Å². The molecule has 0 atom stereocenters. The molecular formula is C18H19ClN4O2S. The molecular weight excluding hydrogens is 372 g/mol. The smallest absolute Gasteiger partial charge is 0.271 e. The molecule has 2 heterocycles. The number of carbonyl (C=O) groups excluding carboxylic acids is 2. The van der Waals surface area contributed by atoms with E-state index in [2.05, 4.69) is 15.3 Å². The molecule has 2 aromatic rings. The summed E-state index contributed by atoms with van der Waals surface area (Å²) in [6.45, 7) is 1.21. The average Bonchev–Trinajstić information content (AvgIpc) is 2.69. The van der Waals surface area contributed by atoms with Crippen LogP contribution in [0.5, 0.6) is 0 Å². The van der Waals surface area contributed by atoms with Crippen LogP contribution in [0.15, 0.2) is 41.7 Å². The summed E-state index contributed by atoms with van der Waals surface area (Å²) in [5.74, 6) is -0.278. The number of amides is 2. The SMILES string of the molecule is CSc1ncc(Cl)c(C(=O)NC2CCN(C(=O)c3ccccc3)CC2)n1. The second kappa shape index (κ2) is 8.51. The van der Waals surface area contributed by atoms with Crippen molar-refractivity contribution in [3.8, 4) is 0 Å². The number of benzene rings is 1. The second-order valence-electron chi connectivity index (χ2n) is 5.96. The van der Waals surface area contributed by atoms with E-state index in [1.807, 2.05) is 41.5 Å². The fraction of sp³-hybridized carbons (Fsp3) is 0.333. The Morgan fingerprint density at radius 3 is 2.58 bits per heavy atom. The Balaban J connectivity index is 1.57. The number of piperidine rings is 1. The van der Waals surface area contributed by atoms with E-state index in [0.29, 0.717) is 36.7 Å². The normalized spacial score (nSPS) is 14.9. The Labute approximate surface area is 161 Å². The van der Waals surface area contributed by atoms with E-state index in [1.165, 1.54) is 18.0 Å². The van der Waals surface area contributed by atoms with E-state index in [0.717, 1.165) is 0 Å². The molecule has 1 saturated heterocycles. The number of halogens is 1. The maximum Gasteiger partial charge on any atom is 0.271 e. The Morgan fingerprint density at radius 1 is 1.23 bits per heavy atom. The van der Waals surface area contributed by atoms with Gasteiger partial charge in [0.15, 0.2) is 10.9 Å². The molecule has 1 aliphatic rings. The molecule has 1 N–H and O–H groups in total. The van der Waals surface area contributed by atoms with Gasteiger partial charge in [0.2, 0.25) is 0 Å². The fourth-order valence-corrected chi connectivity index (χ4v) is 3.37. The maximum atomic E-state index is 12.5. The molecule has 136 valence electrons. The summed E-state index contributed by atoms with van der Waals surface area (Å²) in [5, 5.41) is 3.70. The van der Waals surface area contributed by atoms with Gasteiger partial charge >= 0.3 is 0 Å². The lowest BCUT2D eigenvalue weighted by Crippen LogP contribution is -2.46. The molecule has 1 aliphatic heterocycles. The molecule has 26 heavy (non-hydrogen) atoms. The van der Waals surface area contributed by atoms with E-state index in [9.17, 15) is 9.59 Å². The molecule has 0 bridgehead atoms. The number of thioether (sulfide) groups is 1. The van der Waals surface area contributed by atoms with Gasteiger partial charge in [-0.05, 0) is 31.2 Å². The van der Waals surface area contributed by atoms with Crippen molar-refractivity contribution in [3.63, 3.8) is 0 Å². The Bertz CT molecular complexity index is 795. The molecule has 0 spiro atoms. The van der Waals surface area contributed by atoms with Gasteiger partial charge < -0.3 is 10.2 Å². The van der Waals surface area contributed by atoms with Crippen LogP contribution in [0.4, 0.5) is 0 Å². The van der Waals surface area contributed by atoms with Gasteiger partial charge in [0.05, 0.1) is 11.2 Å². The summed E-state index contributed by atoms with van der Waals surface area (Å²) in [4.78, 5) is 35.0. The summed E-state index contributed by atoms with van der Waals surface area (Å²) in [6.07, 6.45) is 4.67. The number of nitrogens with zero attached hydrogens (tertiary/aromatic N) is 3. The van der Waals surface area contributed by atoms with Crippen molar-refractivity contribution in [1.29, 1.82) is 0 Å². The van der Waals surface area contributed by atoms with Crippen LogP contribution >= 0.6 is 23.4 Å². The van der Waals surface area contributed by atoms with Gasteiger partial charge in [0.1, 0.15) is 0 Å². The number of rotatable bonds is 4. The van der Waals surface area contributed by atoms with Crippen LogP contribution in [0.1, 0.15) is 33.7 Å². The highest BCUT2D eigenvalue weighted by atomic mass is 35.5. The number of hydrogen-bond donors (Lipinski definition) is 1. The Morgan fingerprint density at radius 2 is 1.92 bits per heavy atom. The van der Waals surface area contributed by atoms with Gasteiger partial charge in [0.25, 0.3) is 11.8 Å². The molecule has 1 fully saturated rings. The highest BCUT2D eigenvalue weighted by molar-refractivity contribution is 7.98. The highest BCUT2D eigenvalue weighted by Crippen LogP contribution is 2.18. The van der Waals surface area contributed by atoms with E-state index in [4.69, 9.17) is 11.6 Å². The van der Waals surface area contributed by atoms with Crippen molar-refractivity contribution in [2.24, 2.45) is 0 Å². The summed E-state index contributed by atoms with van der Waals surface area (Å²) in [6, 6.07) is 9.22. The number of aromatic nitrogens is 2. The quantitative estimate of drug-likeness (QED) is 0.641. The lowest BCUT2D eigenvalue weighted by atomic mass is 10.0. The van der Waals surface area contributed by atoms with Gasteiger partial charge in [0, 0.05) is 24.7 Å². The minimum Gasteiger partial charge on any atom is -0.348 e. The van der Waals surface area contributed by atoms with Gasteiger partial charge in [-0.2, -0.15) is 0 Å². The Kier molecular flexibility index (Phi) is 6.11. The third-order valence-electron chi connectivity index (χ3n) is 4.26. The van der Waals surface area contributed by atoms with Gasteiger partial charge in [-0.25, -0.2) is 9.97 Å². The van der Waals surface area contributed by atoms with Crippen molar-refractivity contribution in [3.05, 3.63) is 52.8 Å². The van der Waals surface area contributed by atoms with Crippen molar-refractivity contribution < 1.29 is 9.59 Å². The van der Waals surface area contributed by atoms with E-state index >= 15 is 0 Å². The molecule has 1 aromatic heterocycles. The van der Waals surface area contributed by atoms with E-state index in [1.54, 1.807) is 0 Å². The average molecular weight is 391 g/mol. The number of hydrogen-bond acceptors (Lipinski definition) is 5. The topological polar surface area (TPSA) is 75.2 Å². The zero-order valence-corrected chi connectivity index (χ0v) is 15.9. The van der Waals surface area contributed by atoms with Gasteiger partial charge in [-0.3, -0.25) is 9.59 Å². The summed E-state index contributed by atoms with van der Waals surface area (Å²) in [7, 11) is 0. The van der Waals surface area contributed by atoms with Crippen LogP contribution < -0.4 is 5.32 Å².